The van der Waals surface area contributed by atoms with Gasteiger partial charge in [-0.1, -0.05) is 12.1 Å². The van der Waals surface area contributed by atoms with Crippen LogP contribution in [0.2, 0.25) is 0 Å². The molecule has 1 amide bonds. The molecule has 9 nitrogen and oxygen atoms in total. The Labute approximate surface area is 211 Å². The molecule has 37 heavy (non-hydrogen) atoms. The Bertz CT molecular complexity index is 1580. The molecule has 3 aromatic rings. The number of fused-ring (bicyclic) bond motifs is 1. The molecule has 1 fully saturated rings. The van der Waals surface area contributed by atoms with Crippen LogP contribution >= 0.6 is 0 Å². The average Bonchev–Trinajstić information content (AvgIpc) is 3.56. The van der Waals surface area contributed by atoms with Gasteiger partial charge in [-0.2, -0.15) is 0 Å². The van der Waals surface area contributed by atoms with Crippen molar-refractivity contribution in [3.05, 3.63) is 70.1 Å². The van der Waals surface area contributed by atoms with Crippen molar-refractivity contribution in [1.82, 2.24) is 9.55 Å². The first-order chi connectivity index (χ1) is 17.4. The van der Waals surface area contributed by atoms with Crippen LogP contribution in [0.25, 0.3) is 11.3 Å². The van der Waals surface area contributed by atoms with E-state index in [1.165, 1.54) is 22.8 Å². The smallest absolute Gasteiger partial charge is 0.395 e. The van der Waals surface area contributed by atoms with E-state index in [1.807, 2.05) is 6.92 Å². The highest BCUT2D eigenvalue weighted by atomic mass is 32.2. The zero-order chi connectivity index (χ0) is 26.6. The van der Waals surface area contributed by atoms with E-state index in [4.69, 9.17) is 0 Å². The van der Waals surface area contributed by atoms with Crippen molar-refractivity contribution in [2.45, 2.75) is 38.0 Å². The second kappa shape index (κ2) is 8.65. The highest BCUT2D eigenvalue weighted by Gasteiger charge is 2.53. The SMILES string of the molecule is Cc1ccc(NC(=O)C2(c3ccc4c(c3)OC(F)(F)O4)CC2)nc1-c1ccc(=O)n(CCS(C)(=O)=O)c1. The molecule has 0 radical (unpaired) electrons. The highest BCUT2D eigenvalue weighted by Crippen LogP contribution is 2.52. The molecule has 1 saturated carbocycles. The summed E-state index contributed by atoms with van der Waals surface area (Å²) in [7, 11) is -3.26. The van der Waals surface area contributed by atoms with Crippen molar-refractivity contribution in [3.8, 4) is 22.8 Å². The molecule has 2 aromatic heterocycles. The first-order valence-electron chi connectivity index (χ1n) is 11.4. The number of pyridine rings is 2. The number of hydrogen-bond acceptors (Lipinski definition) is 7. The maximum Gasteiger partial charge on any atom is 0.586 e. The third-order valence-corrected chi connectivity index (χ3v) is 7.36. The summed E-state index contributed by atoms with van der Waals surface area (Å²) in [4.78, 5) is 30.0. The van der Waals surface area contributed by atoms with E-state index in [9.17, 15) is 26.8 Å². The van der Waals surface area contributed by atoms with Crippen LogP contribution in [0.5, 0.6) is 11.5 Å². The molecule has 0 saturated heterocycles. The van der Waals surface area contributed by atoms with Crippen molar-refractivity contribution < 1.29 is 31.5 Å². The maximum absolute atomic E-state index is 13.4. The van der Waals surface area contributed by atoms with Gasteiger partial charge in [-0.05, 0) is 55.2 Å². The molecular weight excluding hydrogens is 508 g/mol. The van der Waals surface area contributed by atoms with E-state index in [2.05, 4.69) is 19.8 Å². The number of anilines is 1. The Hall–Kier alpha value is -3.80. The van der Waals surface area contributed by atoms with Crippen molar-refractivity contribution in [3.63, 3.8) is 0 Å². The summed E-state index contributed by atoms with van der Waals surface area (Å²) in [6.45, 7) is 1.83. The van der Waals surface area contributed by atoms with E-state index in [-0.39, 0.29) is 41.1 Å². The lowest BCUT2D eigenvalue weighted by molar-refractivity contribution is -0.286. The molecule has 1 aliphatic carbocycles. The van der Waals surface area contributed by atoms with E-state index in [1.54, 1.807) is 30.5 Å². The number of aryl methyl sites for hydroxylation is 2. The van der Waals surface area contributed by atoms with Gasteiger partial charge in [0.15, 0.2) is 11.5 Å². The van der Waals surface area contributed by atoms with Crippen LogP contribution in [-0.2, 0) is 26.6 Å². The fourth-order valence-electron chi connectivity index (χ4n) is 4.26. The van der Waals surface area contributed by atoms with Gasteiger partial charge in [-0.3, -0.25) is 9.59 Å². The second-order valence-electron chi connectivity index (χ2n) is 9.31. The lowest BCUT2D eigenvalue weighted by Crippen LogP contribution is -2.28. The van der Waals surface area contributed by atoms with Gasteiger partial charge in [-0.25, -0.2) is 13.4 Å². The molecule has 194 valence electrons. The highest BCUT2D eigenvalue weighted by molar-refractivity contribution is 7.90. The van der Waals surface area contributed by atoms with Crippen LogP contribution in [0.15, 0.2) is 53.5 Å². The van der Waals surface area contributed by atoms with Gasteiger partial charge < -0.3 is 19.4 Å². The summed E-state index contributed by atoms with van der Waals surface area (Å²) in [5.41, 5.74) is 1.17. The van der Waals surface area contributed by atoms with Gasteiger partial charge in [0.25, 0.3) is 5.56 Å². The minimum atomic E-state index is -3.74. The zero-order valence-electron chi connectivity index (χ0n) is 20.0. The fraction of sp³-hybridized carbons (Fsp3) is 0.320. The van der Waals surface area contributed by atoms with Crippen LogP contribution in [0.4, 0.5) is 14.6 Å². The topological polar surface area (TPSA) is 117 Å². The van der Waals surface area contributed by atoms with Crippen LogP contribution in [0.1, 0.15) is 24.0 Å². The Balaban J connectivity index is 1.38. The number of aromatic nitrogens is 2. The molecule has 5 rings (SSSR count). The van der Waals surface area contributed by atoms with E-state index >= 15 is 0 Å². The van der Waals surface area contributed by atoms with Gasteiger partial charge >= 0.3 is 6.29 Å². The number of ether oxygens (including phenoxy) is 2. The van der Waals surface area contributed by atoms with E-state index in [0.29, 0.717) is 29.7 Å². The predicted octanol–water partition coefficient (Wildman–Crippen LogP) is 3.26. The average molecular weight is 532 g/mol. The maximum atomic E-state index is 13.4. The zero-order valence-corrected chi connectivity index (χ0v) is 20.8. The Morgan fingerprint density at radius 1 is 1.11 bits per heavy atom. The van der Waals surface area contributed by atoms with Gasteiger partial charge in [0.1, 0.15) is 15.7 Å². The lowest BCUT2D eigenvalue weighted by atomic mass is 9.94. The van der Waals surface area contributed by atoms with Crippen LogP contribution < -0.4 is 20.3 Å². The largest absolute Gasteiger partial charge is 0.586 e. The number of sulfone groups is 1. The molecule has 0 spiro atoms. The summed E-state index contributed by atoms with van der Waals surface area (Å²) in [5.74, 6) is -0.453. The number of nitrogens with zero attached hydrogens (tertiary/aromatic N) is 2. The molecule has 1 N–H and O–H groups in total. The van der Waals surface area contributed by atoms with E-state index in [0.717, 1.165) is 11.8 Å². The number of halogens is 2. The van der Waals surface area contributed by atoms with Gasteiger partial charge in [0, 0.05) is 30.6 Å². The minimum Gasteiger partial charge on any atom is -0.395 e. The van der Waals surface area contributed by atoms with Crippen LogP contribution in [0, 0.1) is 6.92 Å². The van der Waals surface area contributed by atoms with Crippen molar-refractivity contribution in [1.29, 1.82) is 0 Å². The molecule has 12 heteroatoms. The number of amides is 1. The Kier molecular flexibility index (Phi) is 5.81. The fourth-order valence-corrected chi connectivity index (χ4v) is 4.78. The first kappa shape index (κ1) is 24.9. The van der Waals surface area contributed by atoms with Gasteiger partial charge in [0.05, 0.1) is 16.9 Å². The number of hydrogen-bond donors (Lipinski definition) is 1. The summed E-state index contributed by atoms with van der Waals surface area (Å²) in [5, 5.41) is 2.82. The van der Waals surface area contributed by atoms with E-state index < -0.39 is 21.5 Å². The summed E-state index contributed by atoms with van der Waals surface area (Å²) >= 11 is 0. The molecule has 3 heterocycles. The number of carbonyl (C=O) groups excluding carboxylic acids is 1. The van der Waals surface area contributed by atoms with Crippen molar-refractivity contribution in [2.75, 3.05) is 17.3 Å². The lowest BCUT2D eigenvalue weighted by Gasteiger charge is -2.17. The van der Waals surface area contributed by atoms with Crippen LogP contribution in [0.3, 0.4) is 0 Å². The number of benzene rings is 1. The number of nitrogens with one attached hydrogen (secondary N) is 1. The molecule has 1 aliphatic heterocycles. The van der Waals surface area contributed by atoms with Crippen molar-refractivity contribution in [2.24, 2.45) is 0 Å². The molecule has 2 aliphatic rings. The van der Waals surface area contributed by atoms with Crippen LogP contribution in [-0.4, -0.2) is 42.2 Å². The monoisotopic (exact) mass is 531 g/mol. The number of carbonyl (C=O) groups is 1. The van der Waals surface area contributed by atoms with Crippen molar-refractivity contribution >= 4 is 21.6 Å². The molecule has 0 unspecified atom stereocenters. The summed E-state index contributed by atoms with van der Waals surface area (Å²) in [6.07, 6.45) is -0.0440. The van der Waals surface area contributed by atoms with Gasteiger partial charge in [0.2, 0.25) is 5.91 Å². The molecule has 0 bridgehead atoms. The Morgan fingerprint density at radius 2 is 1.84 bits per heavy atom. The summed E-state index contributed by atoms with van der Waals surface area (Å²) < 4.78 is 60.1. The van der Waals surface area contributed by atoms with Gasteiger partial charge in [-0.15, -0.1) is 8.78 Å². The third-order valence-electron chi connectivity index (χ3n) is 6.44. The second-order valence-corrected chi connectivity index (χ2v) is 11.6. The third kappa shape index (κ3) is 5.06. The molecule has 0 atom stereocenters. The predicted molar refractivity (Wildman–Crippen MR) is 131 cm³/mol. The quantitative estimate of drug-likeness (QED) is 0.498. The number of alkyl halides is 2. The Morgan fingerprint density at radius 3 is 2.54 bits per heavy atom. The number of rotatable bonds is 7. The minimum absolute atomic E-state index is 0.00493. The molecule has 1 aromatic carbocycles. The molecular formula is C25H23F2N3O6S. The first-order valence-corrected chi connectivity index (χ1v) is 13.5. The normalized spacial score (nSPS) is 16.9. The summed E-state index contributed by atoms with van der Waals surface area (Å²) in [6, 6.07) is 10.7. The standard InChI is InChI=1S/C25H23F2N3O6S/c1-15-3-7-20(28-22(15)16-4-8-21(31)30(14-16)11-12-37(2,33)34)29-23(32)24(9-10-24)17-5-6-18-19(13-17)36-25(26,27)35-18/h3-8,13-14H,9-12H2,1-2H3,(H,28,29,32).